The predicted molar refractivity (Wildman–Crippen MR) is 103 cm³/mol. The Bertz CT molecular complexity index is 941. The lowest BCUT2D eigenvalue weighted by molar-refractivity contribution is -0.152. The third kappa shape index (κ3) is 3.35. The molecule has 2 saturated heterocycles. The molecule has 7 heteroatoms. The standard InChI is InChI=1S/C21H22N4O3/c1-13-4-3-5-17(22-13)14-6-8-15(9-7-14)20(27)23-16-10-18-21(28)24(2)12-19(26)25(18)11-16/h3-9,16,18H,10-12H2,1-2H3,(H,23,27)/t16-,18-/m0/s1. The molecule has 0 saturated carbocycles. The molecule has 4 rings (SSSR count). The number of aromatic nitrogens is 1. The highest BCUT2D eigenvalue weighted by atomic mass is 16.2. The van der Waals surface area contributed by atoms with Gasteiger partial charge in [-0.05, 0) is 37.6 Å². The second-order valence-corrected chi connectivity index (χ2v) is 7.40. The molecule has 3 amide bonds. The molecule has 0 spiro atoms. The molecule has 2 atom stereocenters. The van der Waals surface area contributed by atoms with E-state index in [0.717, 1.165) is 17.0 Å². The molecule has 0 bridgehead atoms. The molecule has 2 aliphatic heterocycles. The van der Waals surface area contributed by atoms with Gasteiger partial charge in [0.2, 0.25) is 11.8 Å². The van der Waals surface area contributed by atoms with Gasteiger partial charge in [0.05, 0.1) is 12.2 Å². The van der Waals surface area contributed by atoms with E-state index in [9.17, 15) is 14.4 Å². The van der Waals surface area contributed by atoms with Gasteiger partial charge in [-0.3, -0.25) is 19.4 Å². The summed E-state index contributed by atoms with van der Waals surface area (Å²) < 4.78 is 0. The maximum absolute atomic E-state index is 12.6. The third-order valence-corrected chi connectivity index (χ3v) is 5.32. The molecule has 7 nitrogen and oxygen atoms in total. The third-order valence-electron chi connectivity index (χ3n) is 5.32. The van der Waals surface area contributed by atoms with E-state index < -0.39 is 6.04 Å². The molecule has 1 aromatic carbocycles. The fourth-order valence-electron chi connectivity index (χ4n) is 3.84. The SMILES string of the molecule is Cc1cccc(-c2ccc(C(=O)N[C@H]3C[C@H]4C(=O)N(C)CC(=O)N4C3)cc2)n1. The van der Waals surface area contributed by atoms with E-state index in [4.69, 9.17) is 0 Å². The van der Waals surface area contributed by atoms with Crippen LogP contribution in [0.5, 0.6) is 0 Å². The zero-order chi connectivity index (χ0) is 19.8. The summed E-state index contributed by atoms with van der Waals surface area (Å²) in [4.78, 5) is 44.5. The number of hydrogen-bond donors (Lipinski definition) is 1. The molecule has 0 unspecified atom stereocenters. The average Bonchev–Trinajstić information content (AvgIpc) is 3.11. The molecule has 28 heavy (non-hydrogen) atoms. The summed E-state index contributed by atoms with van der Waals surface area (Å²) in [6, 6.07) is 12.4. The van der Waals surface area contributed by atoms with Crippen LogP contribution in [0.4, 0.5) is 0 Å². The van der Waals surface area contributed by atoms with Crippen molar-refractivity contribution in [3.63, 3.8) is 0 Å². The second-order valence-electron chi connectivity index (χ2n) is 7.40. The molecule has 0 aliphatic carbocycles. The van der Waals surface area contributed by atoms with Crippen LogP contribution in [-0.2, 0) is 9.59 Å². The Labute approximate surface area is 163 Å². The second kappa shape index (κ2) is 7.07. The number of carbonyl (C=O) groups is 3. The summed E-state index contributed by atoms with van der Waals surface area (Å²) in [7, 11) is 1.63. The highest BCUT2D eigenvalue weighted by Gasteiger charge is 2.44. The zero-order valence-electron chi connectivity index (χ0n) is 15.9. The van der Waals surface area contributed by atoms with Crippen LogP contribution in [0.25, 0.3) is 11.3 Å². The lowest BCUT2D eigenvalue weighted by atomic mass is 10.1. The van der Waals surface area contributed by atoms with Crippen LogP contribution in [-0.4, -0.2) is 64.7 Å². The molecule has 2 fully saturated rings. The molecule has 0 radical (unpaired) electrons. The monoisotopic (exact) mass is 378 g/mol. The number of nitrogens with one attached hydrogen (secondary N) is 1. The van der Waals surface area contributed by atoms with Gasteiger partial charge >= 0.3 is 0 Å². The summed E-state index contributed by atoms with van der Waals surface area (Å²) >= 11 is 0. The molecule has 2 aromatic rings. The highest BCUT2D eigenvalue weighted by Crippen LogP contribution is 2.24. The summed E-state index contributed by atoms with van der Waals surface area (Å²) in [5, 5.41) is 2.96. The van der Waals surface area contributed by atoms with Crippen molar-refractivity contribution >= 4 is 17.7 Å². The van der Waals surface area contributed by atoms with E-state index >= 15 is 0 Å². The number of carbonyl (C=O) groups excluding carboxylic acids is 3. The first-order valence-corrected chi connectivity index (χ1v) is 9.32. The Hall–Kier alpha value is -3.22. The number of hydrogen-bond acceptors (Lipinski definition) is 4. The summed E-state index contributed by atoms with van der Waals surface area (Å²) in [5.41, 5.74) is 3.28. The zero-order valence-corrected chi connectivity index (χ0v) is 15.9. The van der Waals surface area contributed by atoms with Crippen molar-refractivity contribution in [1.82, 2.24) is 20.1 Å². The van der Waals surface area contributed by atoms with E-state index in [0.29, 0.717) is 18.5 Å². The van der Waals surface area contributed by atoms with Crippen LogP contribution in [0.15, 0.2) is 42.5 Å². The van der Waals surface area contributed by atoms with Gasteiger partial charge in [-0.1, -0.05) is 18.2 Å². The number of aryl methyl sites for hydroxylation is 1. The minimum absolute atomic E-state index is 0.0636. The lowest BCUT2D eigenvalue weighted by Gasteiger charge is -2.33. The van der Waals surface area contributed by atoms with Crippen molar-refractivity contribution in [1.29, 1.82) is 0 Å². The Morgan fingerprint density at radius 3 is 2.61 bits per heavy atom. The first-order valence-electron chi connectivity index (χ1n) is 9.32. The van der Waals surface area contributed by atoms with Gasteiger partial charge in [-0.15, -0.1) is 0 Å². The van der Waals surface area contributed by atoms with Crippen LogP contribution < -0.4 is 5.32 Å². The number of nitrogens with zero attached hydrogens (tertiary/aromatic N) is 3. The summed E-state index contributed by atoms with van der Waals surface area (Å²) in [5.74, 6) is -0.341. The van der Waals surface area contributed by atoms with E-state index in [1.54, 1.807) is 24.1 Å². The Balaban J connectivity index is 1.43. The molecule has 144 valence electrons. The van der Waals surface area contributed by atoms with Gasteiger partial charge in [-0.25, -0.2) is 0 Å². The topological polar surface area (TPSA) is 82.6 Å². The van der Waals surface area contributed by atoms with Crippen LogP contribution in [0.2, 0.25) is 0 Å². The van der Waals surface area contributed by atoms with Crippen molar-refractivity contribution < 1.29 is 14.4 Å². The Morgan fingerprint density at radius 2 is 1.89 bits per heavy atom. The van der Waals surface area contributed by atoms with Crippen molar-refractivity contribution in [3.8, 4) is 11.3 Å². The number of fused-ring (bicyclic) bond motifs is 1. The molecular formula is C21H22N4O3. The predicted octanol–water partition coefficient (Wildman–Crippen LogP) is 1.23. The van der Waals surface area contributed by atoms with E-state index in [-0.39, 0.29) is 30.3 Å². The molecular weight excluding hydrogens is 356 g/mol. The largest absolute Gasteiger partial charge is 0.347 e. The quantitative estimate of drug-likeness (QED) is 0.871. The number of benzene rings is 1. The molecule has 3 heterocycles. The van der Waals surface area contributed by atoms with E-state index in [1.807, 2.05) is 37.3 Å². The van der Waals surface area contributed by atoms with Crippen molar-refractivity contribution in [2.45, 2.75) is 25.4 Å². The van der Waals surface area contributed by atoms with Gasteiger partial charge in [0.15, 0.2) is 0 Å². The minimum atomic E-state index is -0.466. The lowest BCUT2D eigenvalue weighted by Crippen LogP contribution is -2.55. The first kappa shape index (κ1) is 18.2. The van der Waals surface area contributed by atoms with Crippen molar-refractivity contribution in [2.75, 3.05) is 20.1 Å². The number of amides is 3. The highest BCUT2D eigenvalue weighted by molar-refractivity contribution is 5.97. The van der Waals surface area contributed by atoms with Gasteiger partial charge in [0.25, 0.3) is 5.91 Å². The minimum Gasteiger partial charge on any atom is -0.347 e. The van der Waals surface area contributed by atoms with Gasteiger partial charge < -0.3 is 15.1 Å². The fourth-order valence-corrected chi connectivity index (χ4v) is 3.84. The Morgan fingerprint density at radius 1 is 1.14 bits per heavy atom. The van der Waals surface area contributed by atoms with Gasteiger partial charge in [-0.2, -0.15) is 0 Å². The van der Waals surface area contributed by atoms with Crippen LogP contribution in [0.1, 0.15) is 22.5 Å². The maximum atomic E-state index is 12.6. The maximum Gasteiger partial charge on any atom is 0.251 e. The van der Waals surface area contributed by atoms with Gasteiger partial charge in [0, 0.05) is 36.5 Å². The Kier molecular flexibility index (Phi) is 4.58. The van der Waals surface area contributed by atoms with E-state index in [2.05, 4.69) is 10.3 Å². The number of pyridine rings is 1. The number of piperazine rings is 1. The number of rotatable bonds is 3. The number of likely N-dealkylation sites (N-methyl/N-ethyl adjacent to an activating group) is 1. The van der Waals surface area contributed by atoms with E-state index in [1.165, 1.54) is 4.90 Å². The van der Waals surface area contributed by atoms with Crippen LogP contribution in [0, 0.1) is 6.92 Å². The molecule has 1 N–H and O–H groups in total. The average molecular weight is 378 g/mol. The van der Waals surface area contributed by atoms with Gasteiger partial charge in [0.1, 0.15) is 6.04 Å². The molecule has 1 aromatic heterocycles. The van der Waals surface area contributed by atoms with Crippen molar-refractivity contribution in [3.05, 3.63) is 53.7 Å². The molecule has 2 aliphatic rings. The van der Waals surface area contributed by atoms with Crippen LogP contribution >= 0.6 is 0 Å². The summed E-state index contributed by atoms with van der Waals surface area (Å²) in [6.45, 7) is 2.42. The first-order chi connectivity index (χ1) is 13.4. The van der Waals surface area contributed by atoms with Crippen LogP contribution in [0.3, 0.4) is 0 Å². The normalized spacial score (nSPS) is 21.6. The summed E-state index contributed by atoms with van der Waals surface area (Å²) in [6.07, 6.45) is 0.450. The van der Waals surface area contributed by atoms with Crippen molar-refractivity contribution in [2.24, 2.45) is 0 Å². The smallest absolute Gasteiger partial charge is 0.251 e. The fraction of sp³-hybridized carbons (Fsp3) is 0.333.